The summed E-state index contributed by atoms with van der Waals surface area (Å²) >= 11 is 6.16. The van der Waals surface area contributed by atoms with E-state index in [2.05, 4.69) is 10.3 Å². The summed E-state index contributed by atoms with van der Waals surface area (Å²) in [5, 5.41) is 3.25. The molecule has 0 spiro atoms. The van der Waals surface area contributed by atoms with Crippen LogP contribution in [0.5, 0.6) is 11.5 Å². The molecule has 0 fully saturated rings. The molecule has 0 unspecified atom stereocenters. The normalized spacial score (nSPS) is 10.8. The van der Waals surface area contributed by atoms with Gasteiger partial charge in [0.2, 0.25) is 5.91 Å². The van der Waals surface area contributed by atoms with Crippen molar-refractivity contribution in [3.05, 3.63) is 47.2 Å². The lowest BCUT2D eigenvalue weighted by molar-refractivity contribution is -0.116. The number of aromatic nitrogens is 2. The molecule has 0 bridgehead atoms. The summed E-state index contributed by atoms with van der Waals surface area (Å²) in [6, 6.07) is 11.0. The van der Waals surface area contributed by atoms with E-state index in [1.165, 1.54) is 14.2 Å². The Kier molecular flexibility index (Phi) is 5.32. The van der Waals surface area contributed by atoms with E-state index in [1.807, 2.05) is 35.8 Å². The van der Waals surface area contributed by atoms with E-state index in [4.69, 9.17) is 21.1 Å². The van der Waals surface area contributed by atoms with Crippen molar-refractivity contribution in [3.8, 4) is 11.5 Å². The van der Waals surface area contributed by atoms with Crippen LogP contribution in [-0.2, 0) is 17.8 Å². The van der Waals surface area contributed by atoms with Gasteiger partial charge in [-0.25, -0.2) is 4.98 Å². The second-order valence-electron chi connectivity index (χ2n) is 5.69. The molecule has 6 nitrogen and oxygen atoms in total. The zero-order chi connectivity index (χ0) is 18.7. The van der Waals surface area contributed by atoms with E-state index in [9.17, 15) is 4.79 Å². The molecule has 0 atom stereocenters. The molecule has 3 rings (SSSR count). The first-order valence-electron chi connectivity index (χ1n) is 8.22. The van der Waals surface area contributed by atoms with E-state index in [0.29, 0.717) is 22.2 Å². The largest absolute Gasteiger partial charge is 0.495 e. The fraction of sp³-hybridized carbons (Fsp3) is 0.263. The second-order valence-corrected chi connectivity index (χ2v) is 6.10. The number of methoxy groups -OCH3 is 2. The van der Waals surface area contributed by atoms with Crippen LogP contribution in [0.15, 0.2) is 36.4 Å². The summed E-state index contributed by atoms with van der Waals surface area (Å²) < 4.78 is 12.4. The lowest BCUT2D eigenvalue weighted by atomic mass is 10.2. The number of hydrogen-bond acceptors (Lipinski definition) is 4. The van der Waals surface area contributed by atoms with Crippen LogP contribution in [0.1, 0.15) is 12.7 Å². The number of carbonyl (C=O) groups is 1. The van der Waals surface area contributed by atoms with Gasteiger partial charge in [0.15, 0.2) is 0 Å². The average Bonchev–Trinajstić information content (AvgIpc) is 2.99. The van der Waals surface area contributed by atoms with Gasteiger partial charge in [0.05, 0.1) is 36.0 Å². The smallest absolute Gasteiger partial charge is 0.244 e. The lowest BCUT2D eigenvalue weighted by Gasteiger charge is -2.14. The molecule has 0 saturated heterocycles. The van der Waals surface area contributed by atoms with Crippen molar-refractivity contribution in [1.29, 1.82) is 0 Å². The van der Waals surface area contributed by atoms with Crippen LogP contribution in [0, 0.1) is 0 Å². The zero-order valence-electron chi connectivity index (χ0n) is 14.9. The average molecular weight is 374 g/mol. The van der Waals surface area contributed by atoms with Crippen LogP contribution in [0.3, 0.4) is 0 Å². The quantitative estimate of drug-likeness (QED) is 0.711. The maximum Gasteiger partial charge on any atom is 0.244 e. The number of benzene rings is 2. The SMILES string of the molecule is CCc1nc2ccccc2n1CC(=O)Nc1cc(Cl)c(OC)cc1OC. The fourth-order valence-corrected chi connectivity index (χ4v) is 3.10. The maximum atomic E-state index is 12.6. The van der Waals surface area contributed by atoms with Crippen LogP contribution in [0.25, 0.3) is 11.0 Å². The first kappa shape index (κ1) is 18.1. The summed E-state index contributed by atoms with van der Waals surface area (Å²) in [7, 11) is 3.05. The van der Waals surface area contributed by atoms with Crippen molar-refractivity contribution in [2.45, 2.75) is 19.9 Å². The van der Waals surface area contributed by atoms with Gasteiger partial charge in [-0.05, 0) is 18.2 Å². The van der Waals surface area contributed by atoms with Crippen molar-refractivity contribution >= 4 is 34.2 Å². The molecule has 0 aliphatic heterocycles. The molecule has 1 amide bonds. The van der Waals surface area contributed by atoms with Gasteiger partial charge in [0.1, 0.15) is 23.9 Å². The summed E-state index contributed by atoms with van der Waals surface area (Å²) in [5.41, 5.74) is 2.30. The van der Waals surface area contributed by atoms with Gasteiger partial charge in [0, 0.05) is 12.5 Å². The van der Waals surface area contributed by atoms with Gasteiger partial charge in [-0.2, -0.15) is 0 Å². The predicted molar refractivity (Wildman–Crippen MR) is 102 cm³/mol. The number of ether oxygens (including phenoxy) is 2. The molecule has 3 aromatic rings. The first-order chi connectivity index (χ1) is 12.6. The number of para-hydroxylation sites is 2. The minimum Gasteiger partial charge on any atom is -0.495 e. The van der Waals surface area contributed by atoms with E-state index in [-0.39, 0.29) is 12.5 Å². The van der Waals surface area contributed by atoms with Crippen molar-refractivity contribution in [2.75, 3.05) is 19.5 Å². The van der Waals surface area contributed by atoms with Gasteiger partial charge in [-0.15, -0.1) is 0 Å². The minimum absolute atomic E-state index is 0.149. The van der Waals surface area contributed by atoms with Gasteiger partial charge in [0.25, 0.3) is 0 Å². The number of imidazole rings is 1. The second kappa shape index (κ2) is 7.66. The molecule has 1 N–H and O–H groups in total. The van der Waals surface area contributed by atoms with Crippen LogP contribution in [0.2, 0.25) is 5.02 Å². The number of carbonyl (C=O) groups excluding carboxylic acids is 1. The van der Waals surface area contributed by atoms with E-state index in [0.717, 1.165) is 23.3 Å². The standard InChI is InChI=1S/C19H20ClN3O3/c1-4-18-21-13-7-5-6-8-15(13)23(18)11-19(24)22-14-9-12(20)16(25-2)10-17(14)26-3/h5-10H,4,11H2,1-3H3,(H,22,24). The maximum absolute atomic E-state index is 12.6. The zero-order valence-corrected chi connectivity index (χ0v) is 15.6. The highest BCUT2D eigenvalue weighted by molar-refractivity contribution is 6.32. The number of halogens is 1. The molecule has 26 heavy (non-hydrogen) atoms. The molecule has 0 radical (unpaired) electrons. The Balaban J connectivity index is 1.87. The monoisotopic (exact) mass is 373 g/mol. The lowest BCUT2D eigenvalue weighted by Crippen LogP contribution is -2.20. The van der Waals surface area contributed by atoms with Crippen LogP contribution < -0.4 is 14.8 Å². The third-order valence-corrected chi connectivity index (χ3v) is 4.39. The third kappa shape index (κ3) is 3.46. The molecule has 1 heterocycles. The Hall–Kier alpha value is -2.73. The third-order valence-electron chi connectivity index (χ3n) is 4.10. The number of aryl methyl sites for hydroxylation is 1. The summed E-state index contributed by atoms with van der Waals surface area (Å²) in [5.74, 6) is 1.63. The van der Waals surface area contributed by atoms with Crippen molar-refractivity contribution in [2.24, 2.45) is 0 Å². The molecule has 2 aromatic carbocycles. The Bertz CT molecular complexity index is 953. The number of amides is 1. The number of hydrogen-bond donors (Lipinski definition) is 1. The van der Waals surface area contributed by atoms with E-state index >= 15 is 0 Å². The van der Waals surface area contributed by atoms with Gasteiger partial charge >= 0.3 is 0 Å². The van der Waals surface area contributed by atoms with Crippen molar-refractivity contribution in [1.82, 2.24) is 9.55 Å². The molecular formula is C19H20ClN3O3. The molecule has 0 aliphatic carbocycles. The topological polar surface area (TPSA) is 65.4 Å². The first-order valence-corrected chi connectivity index (χ1v) is 8.60. The Morgan fingerprint density at radius 2 is 1.92 bits per heavy atom. The highest BCUT2D eigenvalue weighted by Crippen LogP contribution is 2.35. The molecule has 136 valence electrons. The molecule has 0 aliphatic rings. The Morgan fingerprint density at radius 1 is 1.19 bits per heavy atom. The molecule has 7 heteroatoms. The fourth-order valence-electron chi connectivity index (χ4n) is 2.86. The number of fused-ring (bicyclic) bond motifs is 1. The van der Waals surface area contributed by atoms with Crippen molar-refractivity contribution in [3.63, 3.8) is 0 Å². The van der Waals surface area contributed by atoms with Gasteiger partial charge in [-0.3, -0.25) is 4.79 Å². The van der Waals surface area contributed by atoms with Gasteiger partial charge < -0.3 is 19.4 Å². The molecule has 0 saturated carbocycles. The van der Waals surface area contributed by atoms with Crippen LogP contribution >= 0.6 is 11.6 Å². The summed E-state index contributed by atoms with van der Waals surface area (Å²) in [4.78, 5) is 17.2. The Labute approximate surface area is 156 Å². The van der Waals surface area contributed by atoms with E-state index < -0.39 is 0 Å². The van der Waals surface area contributed by atoms with E-state index in [1.54, 1.807) is 12.1 Å². The number of rotatable bonds is 6. The number of nitrogens with one attached hydrogen (secondary N) is 1. The van der Waals surface area contributed by atoms with Crippen LogP contribution in [-0.4, -0.2) is 29.7 Å². The molecular weight excluding hydrogens is 354 g/mol. The highest BCUT2D eigenvalue weighted by Gasteiger charge is 2.15. The van der Waals surface area contributed by atoms with Crippen molar-refractivity contribution < 1.29 is 14.3 Å². The predicted octanol–water partition coefficient (Wildman–Crippen LogP) is 3.91. The number of anilines is 1. The van der Waals surface area contributed by atoms with Gasteiger partial charge in [-0.1, -0.05) is 30.7 Å². The Morgan fingerprint density at radius 3 is 2.62 bits per heavy atom. The summed E-state index contributed by atoms with van der Waals surface area (Å²) in [6.45, 7) is 2.17. The minimum atomic E-state index is -0.192. The highest BCUT2D eigenvalue weighted by atomic mass is 35.5. The molecule has 1 aromatic heterocycles. The number of nitrogens with zero attached hydrogens (tertiary/aromatic N) is 2. The van der Waals surface area contributed by atoms with Crippen LogP contribution in [0.4, 0.5) is 5.69 Å². The summed E-state index contributed by atoms with van der Waals surface area (Å²) in [6.07, 6.45) is 0.736.